The van der Waals surface area contributed by atoms with Gasteiger partial charge >= 0.3 is 6.03 Å². The fourth-order valence-corrected chi connectivity index (χ4v) is 1.47. The predicted molar refractivity (Wildman–Crippen MR) is 74.5 cm³/mol. The number of rotatable bonds is 4. The highest BCUT2D eigenvalue weighted by atomic mass is 19.1. The molecular weight excluding hydrogens is 261 g/mol. The Bertz CT molecular complexity index is 466. The molecule has 1 aromatic carbocycles. The van der Waals surface area contributed by atoms with Crippen molar-refractivity contribution in [3.05, 3.63) is 35.6 Å². The highest BCUT2D eigenvalue weighted by Gasteiger charge is 2.13. The lowest BCUT2D eigenvalue weighted by Crippen LogP contribution is -2.47. The first-order chi connectivity index (χ1) is 9.26. The van der Waals surface area contributed by atoms with Gasteiger partial charge in [0.1, 0.15) is 5.82 Å². The van der Waals surface area contributed by atoms with Crippen molar-refractivity contribution in [1.29, 1.82) is 0 Å². The van der Waals surface area contributed by atoms with Crippen LogP contribution in [0.3, 0.4) is 0 Å². The van der Waals surface area contributed by atoms with Crippen molar-refractivity contribution in [2.75, 3.05) is 6.54 Å². The van der Waals surface area contributed by atoms with Crippen molar-refractivity contribution in [2.24, 2.45) is 0 Å². The molecule has 3 N–H and O–H groups in total. The second kappa shape index (κ2) is 6.88. The Kier molecular flexibility index (Phi) is 5.49. The Morgan fingerprint density at radius 3 is 2.25 bits per heavy atom. The molecule has 1 aromatic rings. The zero-order valence-corrected chi connectivity index (χ0v) is 11.9. The summed E-state index contributed by atoms with van der Waals surface area (Å²) in [6, 6.07) is 5.37. The molecule has 3 amide bonds. The third-order valence-corrected chi connectivity index (χ3v) is 2.29. The monoisotopic (exact) mass is 281 g/mol. The van der Waals surface area contributed by atoms with E-state index in [4.69, 9.17) is 0 Å². The van der Waals surface area contributed by atoms with E-state index in [2.05, 4.69) is 16.0 Å². The van der Waals surface area contributed by atoms with Crippen molar-refractivity contribution < 1.29 is 14.0 Å². The summed E-state index contributed by atoms with van der Waals surface area (Å²) < 4.78 is 12.7. The molecule has 0 fully saturated rings. The zero-order chi connectivity index (χ0) is 15.2. The maximum Gasteiger partial charge on any atom is 0.315 e. The smallest absolute Gasteiger partial charge is 0.315 e. The molecule has 0 heterocycles. The number of halogens is 1. The maximum atomic E-state index is 12.7. The lowest BCUT2D eigenvalue weighted by atomic mass is 10.1. The van der Waals surface area contributed by atoms with Crippen LogP contribution in [0.1, 0.15) is 26.3 Å². The topological polar surface area (TPSA) is 70.2 Å². The quantitative estimate of drug-likeness (QED) is 0.783. The van der Waals surface area contributed by atoms with E-state index in [1.54, 1.807) is 12.1 Å². The molecule has 1 rings (SSSR count). The van der Waals surface area contributed by atoms with Crippen molar-refractivity contribution in [3.63, 3.8) is 0 Å². The summed E-state index contributed by atoms with van der Waals surface area (Å²) >= 11 is 0. The first-order valence-electron chi connectivity index (χ1n) is 6.33. The van der Waals surface area contributed by atoms with Crippen molar-refractivity contribution in [3.8, 4) is 0 Å². The summed E-state index contributed by atoms with van der Waals surface area (Å²) in [7, 11) is 0. The predicted octanol–water partition coefficient (Wildman–Crippen LogP) is 1.54. The van der Waals surface area contributed by atoms with Gasteiger partial charge in [-0.15, -0.1) is 0 Å². The minimum atomic E-state index is -0.446. The Morgan fingerprint density at radius 1 is 1.10 bits per heavy atom. The van der Waals surface area contributed by atoms with Crippen LogP contribution in [0.15, 0.2) is 24.3 Å². The molecule has 0 bridgehead atoms. The van der Waals surface area contributed by atoms with Crippen LogP contribution in [0.25, 0.3) is 0 Å². The van der Waals surface area contributed by atoms with Crippen LogP contribution >= 0.6 is 0 Å². The first kappa shape index (κ1) is 15.9. The normalized spacial score (nSPS) is 10.8. The number of benzene rings is 1. The first-order valence-corrected chi connectivity index (χ1v) is 6.33. The molecule has 0 aliphatic rings. The summed E-state index contributed by atoms with van der Waals surface area (Å²) in [5.74, 6) is -0.577. The fraction of sp³-hybridized carbons (Fsp3) is 0.429. The zero-order valence-electron chi connectivity index (χ0n) is 11.9. The van der Waals surface area contributed by atoms with Crippen molar-refractivity contribution in [2.45, 2.75) is 32.9 Å². The summed E-state index contributed by atoms with van der Waals surface area (Å²) in [5, 5.41) is 7.77. The van der Waals surface area contributed by atoms with Gasteiger partial charge in [-0.1, -0.05) is 12.1 Å². The molecule has 0 radical (unpaired) electrons. The fourth-order valence-electron chi connectivity index (χ4n) is 1.47. The molecule has 0 aromatic heterocycles. The van der Waals surface area contributed by atoms with E-state index in [-0.39, 0.29) is 30.4 Å². The summed E-state index contributed by atoms with van der Waals surface area (Å²) in [6.07, 6.45) is 0. The molecular formula is C14H20FN3O2. The average Bonchev–Trinajstić information content (AvgIpc) is 2.33. The van der Waals surface area contributed by atoms with Gasteiger partial charge < -0.3 is 16.0 Å². The van der Waals surface area contributed by atoms with Gasteiger partial charge in [0.2, 0.25) is 5.91 Å². The number of carbonyl (C=O) groups is 2. The van der Waals surface area contributed by atoms with Gasteiger partial charge in [-0.3, -0.25) is 4.79 Å². The largest absolute Gasteiger partial charge is 0.350 e. The van der Waals surface area contributed by atoms with Crippen LogP contribution in [-0.2, 0) is 11.3 Å². The maximum absolute atomic E-state index is 12.7. The number of hydrogen-bond donors (Lipinski definition) is 3. The molecule has 0 aliphatic carbocycles. The van der Waals surface area contributed by atoms with Crippen LogP contribution in [0.2, 0.25) is 0 Å². The van der Waals surface area contributed by atoms with Crippen LogP contribution in [0, 0.1) is 5.82 Å². The molecule has 0 unspecified atom stereocenters. The highest BCUT2D eigenvalue weighted by Crippen LogP contribution is 2.01. The number of nitrogens with one attached hydrogen (secondary N) is 3. The molecule has 20 heavy (non-hydrogen) atoms. The second-order valence-corrected chi connectivity index (χ2v) is 5.46. The number of urea groups is 1. The van der Waals surface area contributed by atoms with Gasteiger partial charge in [0, 0.05) is 12.1 Å². The summed E-state index contributed by atoms with van der Waals surface area (Å²) in [5.41, 5.74) is 0.448. The van der Waals surface area contributed by atoms with E-state index in [9.17, 15) is 14.0 Å². The Morgan fingerprint density at radius 2 is 1.70 bits per heavy atom. The van der Waals surface area contributed by atoms with Gasteiger partial charge in [-0.2, -0.15) is 0 Å². The molecule has 0 saturated heterocycles. The second-order valence-electron chi connectivity index (χ2n) is 5.46. The molecule has 6 heteroatoms. The van der Waals surface area contributed by atoms with Crippen LogP contribution in [0.5, 0.6) is 0 Å². The lowest BCUT2D eigenvalue weighted by Gasteiger charge is -2.20. The summed E-state index contributed by atoms with van der Waals surface area (Å²) in [4.78, 5) is 23.0. The average molecular weight is 281 g/mol. The Labute approximate surface area is 117 Å². The lowest BCUT2D eigenvalue weighted by molar-refractivity contribution is -0.121. The van der Waals surface area contributed by atoms with Gasteiger partial charge in [0.25, 0.3) is 0 Å². The molecule has 0 saturated carbocycles. The minimum Gasteiger partial charge on any atom is -0.350 e. The Hall–Kier alpha value is -2.11. The standard InChI is InChI=1S/C14H20FN3O2/c1-14(2,3)18-12(19)9-17-13(20)16-8-10-4-6-11(15)7-5-10/h4-7H,8-9H2,1-3H3,(H,18,19)(H2,16,17,20). The van der Waals surface area contributed by atoms with E-state index in [0.29, 0.717) is 0 Å². The third-order valence-electron chi connectivity index (χ3n) is 2.29. The van der Waals surface area contributed by atoms with E-state index in [1.165, 1.54) is 12.1 Å². The molecule has 5 nitrogen and oxygen atoms in total. The SMILES string of the molecule is CC(C)(C)NC(=O)CNC(=O)NCc1ccc(F)cc1. The minimum absolute atomic E-state index is 0.0908. The molecule has 0 atom stereocenters. The van der Waals surface area contributed by atoms with E-state index in [0.717, 1.165) is 5.56 Å². The number of amides is 3. The van der Waals surface area contributed by atoms with E-state index < -0.39 is 6.03 Å². The van der Waals surface area contributed by atoms with E-state index in [1.807, 2.05) is 20.8 Å². The highest BCUT2D eigenvalue weighted by molar-refractivity contribution is 5.84. The molecule has 0 spiro atoms. The van der Waals surface area contributed by atoms with E-state index >= 15 is 0 Å². The van der Waals surface area contributed by atoms with Crippen LogP contribution < -0.4 is 16.0 Å². The van der Waals surface area contributed by atoms with Gasteiger partial charge in [-0.05, 0) is 38.5 Å². The van der Waals surface area contributed by atoms with Gasteiger partial charge in [0.05, 0.1) is 6.54 Å². The molecule has 110 valence electrons. The van der Waals surface area contributed by atoms with Gasteiger partial charge in [-0.25, -0.2) is 9.18 Å². The number of hydrogen-bond acceptors (Lipinski definition) is 2. The van der Waals surface area contributed by atoms with Crippen molar-refractivity contribution >= 4 is 11.9 Å². The van der Waals surface area contributed by atoms with Crippen molar-refractivity contribution in [1.82, 2.24) is 16.0 Å². The van der Waals surface area contributed by atoms with Crippen LogP contribution in [-0.4, -0.2) is 24.0 Å². The number of carbonyl (C=O) groups excluding carboxylic acids is 2. The van der Waals surface area contributed by atoms with Crippen LogP contribution in [0.4, 0.5) is 9.18 Å². The summed E-state index contributed by atoms with van der Waals surface area (Å²) in [6.45, 7) is 5.76. The van der Waals surface area contributed by atoms with Gasteiger partial charge in [0.15, 0.2) is 0 Å². The molecule has 0 aliphatic heterocycles. The Balaban J connectivity index is 2.27. The third kappa shape index (κ3) is 6.72.